The lowest BCUT2D eigenvalue weighted by Gasteiger charge is -2.20. The van der Waals surface area contributed by atoms with Gasteiger partial charge in [-0.2, -0.15) is 0 Å². The number of nitrogens with one attached hydrogen (secondary N) is 1. The number of hydrogen-bond acceptors (Lipinski definition) is 4. The summed E-state index contributed by atoms with van der Waals surface area (Å²) in [6.45, 7) is 2.26. The lowest BCUT2D eigenvalue weighted by molar-refractivity contribution is 0.456. The van der Waals surface area contributed by atoms with E-state index in [9.17, 15) is 0 Å². The Morgan fingerprint density at radius 3 is 3.12 bits per heavy atom. The Labute approximate surface area is 103 Å². The van der Waals surface area contributed by atoms with E-state index in [0.29, 0.717) is 5.92 Å². The lowest BCUT2D eigenvalue weighted by Crippen LogP contribution is -2.28. The van der Waals surface area contributed by atoms with E-state index in [4.69, 9.17) is 4.98 Å². The van der Waals surface area contributed by atoms with Crippen molar-refractivity contribution in [2.24, 2.45) is 0 Å². The molecule has 3 rings (SSSR count). The van der Waals surface area contributed by atoms with Gasteiger partial charge in [0.2, 0.25) is 0 Å². The lowest BCUT2D eigenvalue weighted by atomic mass is 9.97. The number of hydrogen-bond donors (Lipinski definition) is 1. The summed E-state index contributed by atoms with van der Waals surface area (Å²) < 4.78 is 0. The molecule has 16 heavy (non-hydrogen) atoms. The minimum absolute atomic E-state index is 0.624. The highest BCUT2D eigenvalue weighted by atomic mass is 32.1. The van der Waals surface area contributed by atoms with Gasteiger partial charge in [0.15, 0.2) is 0 Å². The van der Waals surface area contributed by atoms with Gasteiger partial charge in [0.05, 0.1) is 10.6 Å². The second-order valence-corrected chi connectivity index (χ2v) is 5.90. The topological polar surface area (TPSA) is 24.9 Å². The fourth-order valence-corrected chi connectivity index (χ4v) is 3.81. The van der Waals surface area contributed by atoms with Crippen LogP contribution in [0.15, 0.2) is 22.9 Å². The quantitative estimate of drug-likeness (QED) is 0.884. The average molecular weight is 250 g/mol. The number of thiophene rings is 1. The van der Waals surface area contributed by atoms with Crippen LogP contribution in [0.4, 0.5) is 0 Å². The Balaban J connectivity index is 1.82. The highest BCUT2D eigenvalue weighted by molar-refractivity contribution is 7.20. The van der Waals surface area contributed by atoms with Crippen LogP contribution in [0, 0.1) is 0 Å². The first kappa shape index (κ1) is 10.4. The third kappa shape index (κ3) is 2.05. The van der Waals surface area contributed by atoms with Gasteiger partial charge in [0.1, 0.15) is 5.01 Å². The first-order valence-electron chi connectivity index (χ1n) is 5.63. The smallest absolute Gasteiger partial charge is 0.133 e. The first-order valence-corrected chi connectivity index (χ1v) is 7.39. The van der Waals surface area contributed by atoms with Crippen LogP contribution in [0.3, 0.4) is 0 Å². The normalized spacial score (nSPS) is 21.1. The molecule has 0 amide bonds. The van der Waals surface area contributed by atoms with Crippen molar-refractivity contribution < 1.29 is 0 Å². The van der Waals surface area contributed by atoms with Crippen LogP contribution in [0.1, 0.15) is 24.5 Å². The molecule has 0 aromatic carbocycles. The maximum atomic E-state index is 4.77. The summed E-state index contributed by atoms with van der Waals surface area (Å²) >= 11 is 3.54. The summed E-state index contributed by atoms with van der Waals surface area (Å²) in [7, 11) is 0. The first-order chi connectivity index (χ1) is 7.93. The number of aromatic nitrogens is 1. The predicted molar refractivity (Wildman–Crippen MR) is 70.3 cm³/mol. The van der Waals surface area contributed by atoms with Crippen LogP contribution in [0.2, 0.25) is 0 Å². The molecule has 1 aliphatic heterocycles. The van der Waals surface area contributed by atoms with Crippen molar-refractivity contribution in [1.29, 1.82) is 0 Å². The fraction of sp³-hybridized carbons (Fsp3) is 0.417. The molecular weight excluding hydrogens is 236 g/mol. The molecule has 4 heteroatoms. The Bertz CT molecular complexity index is 441. The van der Waals surface area contributed by atoms with E-state index in [2.05, 4.69) is 28.2 Å². The molecule has 0 aliphatic carbocycles. The summed E-state index contributed by atoms with van der Waals surface area (Å²) in [5, 5.41) is 8.96. The molecule has 0 spiro atoms. The van der Waals surface area contributed by atoms with Crippen molar-refractivity contribution in [3.63, 3.8) is 0 Å². The summed E-state index contributed by atoms with van der Waals surface area (Å²) in [5.74, 6) is 0.624. The predicted octanol–water partition coefficient (Wildman–Crippen LogP) is 3.34. The average Bonchev–Trinajstić information content (AvgIpc) is 3.01. The molecule has 1 aliphatic rings. The second kappa shape index (κ2) is 4.65. The van der Waals surface area contributed by atoms with Crippen LogP contribution in [-0.2, 0) is 0 Å². The molecule has 1 unspecified atom stereocenters. The largest absolute Gasteiger partial charge is 0.316 e. The molecule has 2 aromatic heterocycles. The van der Waals surface area contributed by atoms with Gasteiger partial charge in [-0.15, -0.1) is 22.7 Å². The number of rotatable bonds is 2. The van der Waals surface area contributed by atoms with Crippen LogP contribution >= 0.6 is 22.7 Å². The van der Waals surface area contributed by atoms with Gasteiger partial charge < -0.3 is 5.32 Å². The molecule has 3 heterocycles. The van der Waals surface area contributed by atoms with E-state index in [-0.39, 0.29) is 0 Å². The van der Waals surface area contributed by atoms with Crippen LogP contribution in [0.5, 0.6) is 0 Å². The minimum Gasteiger partial charge on any atom is -0.316 e. The highest BCUT2D eigenvalue weighted by Gasteiger charge is 2.18. The Morgan fingerprint density at radius 1 is 1.38 bits per heavy atom. The molecule has 1 saturated heterocycles. The van der Waals surface area contributed by atoms with Gasteiger partial charge in [-0.05, 0) is 30.8 Å². The third-order valence-corrected chi connectivity index (χ3v) is 4.87. The Kier molecular flexibility index (Phi) is 3.04. The van der Waals surface area contributed by atoms with Crippen molar-refractivity contribution in [2.75, 3.05) is 13.1 Å². The maximum absolute atomic E-state index is 4.77. The van der Waals surface area contributed by atoms with Crippen molar-refractivity contribution in [1.82, 2.24) is 10.3 Å². The molecule has 1 atom stereocenters. The van der Waals surface area contributed by atoms with Gasteiger partial charge in [0.25, 0.3) is 0 Å². The van der Waals surface area contributed by atoms with Crippen LogP contribution in [0.25, 0.3) is 9.88 Å². The van der Waals surface area contributed by atoms with E-state index in [1.165, 1.54) is 35.0 Å². The zero-order valence-electron chi connectivity index (χ0n) is 8.98. The summed E-state index contributed by atoms with van der Waals surface area (Å²) in [6.07, 6.45) is 2.55. The molecular formula is C12H14N2S2. The van der Waals surface area contributed by atoms with E-state index in [0.717, 1.165) is 6.54 Å². The SMILES string of the molecule is c1csc(-c2nc(C3CCCNC3)cs2)c1. The molecule has 1 fully saturated rings. The molecule has 0 bridgehead atoms. The molecule has 0 saturated carbocycles. The molecule has 2 nitrogen and oxygen atoms in total. The highest BCUT2D eigenvalue weighted by Crippen LogP contribution is 2.31. The van der Waals surface area contributed by atoms with E-state index < -0.39 is 0 Å². The van der Waals surface area contributed by atoms with Crippen molar-refractivity contribution in [2.45, 2.75) is 18.8 Å². The molecule has 2 aromatic rings. The van der Waals surface area contributed by atoms with E-state index in [1.54, 1.807) is 22.7 Å². The monoisotopic (exact) mass is 250 g/mol. The van der Waals surface area contributed by atoms with Gasteiger partial charge in [-0.3, -0.25) is 0 Å². The van der Waals surface area contributed by atoms with Gasteiger partial charge in [-0.25, -0.2) is 4.98 Å². The zero-order valence-corrected chi connectivity index (χ0v) is 10.6. The third-order valence-electron chi connectivity index (χ3n) is 2.97. The maximum Gasteiger partial charge on any atom is 0.133 e. The van der Waals surface area contributed by atoms with E-state index >= 15 is 0 Å². The number of thiazole rings is 1. The fourth-order valence-electron chi connectivity index (χ4n) is 2.09. The second-order valence-electron chi connectivity index (χ2n) is 4.10. The van der Waals surface area contributed by atoms with Crippen molar-refractivity contribution in [3.05, 3.63) is 28.6 Å². The van der Waals surface area contributed by atoms with Crippen molar-refractivity contribution >= 4 is 22.7 Å². The van der Waals surface area contributed by atoms with Crippen molar-refractivity contribution in [3.8, 4) is 9.88 Å². The van der Waals surface area contributed by atoms with Gasteiger partial charge >= 0.3 is 0 Å². The minimum atomic E-state index is 0.624. The summed E-state index contributed by atoms with van der Waals surface area (Å²) in [6, 6.07) is 4.23. The zero-order chi connectivity index (χ0) is 10.8. The molecule has 0 radical (unpaired) electrons. The molecule has 84 valence electrons. The number of nitrogens with zero attached hydrogens (tertiary/aromatic N) is 1. The van der Waals surface area contributed by atoms with Gasteiger partial charge in [0, 0.05) is 17.8 Å². The van der Waals surface area contributed by atoms with Gasteiger partial charge in [-0.1, -0.05) is 6.07 Å². The Hall–Kier alpha value is -0.710. The molecule has 1 N–H and O–H groups in total. The van der Waals surface area contributed by atoms with Crippen LogP contribution < -0.4 is 5.32 Å². The summed E-state index contributed by atoms with van der Waals surface area (Å²) in [4.78, 5) is 6.06. The Morgan fingerprint density at radius 2 is 2.38 bits per heavy atom. The van der Waals surface area contributed by atoms with Crippen LogP contribution in [-0.4, -0.2) is 18.1 Å². The standard InChI is InChI=1S/C12H14N2S2/c1-3-9(7-13-5-1)10-8-16-12(14-10)11-4-2-6-15-11/h2,4,6,8-9,13H,1,3,5,7H2. The number of piperidine rings is 1. The van der Waals surface area contributed by atoms with E-state index in [1.807, 2.05) is 0 Å². The summed E-state index contributed by atoms with van der Waals surface area (Å²) in [5.41, 5.74) is 1.28.